The number of fused-ring (bicyclic) bond motifs is 7. The molecule has 0 saturated heterocycles. The third kappa shape index (κ3) is 2.64. The predicted octanol–water partition coefficient (Wildman–Crippen LogP) is 6.70. The number of rotatable bonds is 1. The predicted molar refractivity (Wildman–Crippen MR) is 129 cm³/mol. The number of carboxylic acids is 1. The summed E-state index contributed by atoms with van der Waals surface area (Å²) in [6.45, 7) is 13.3. The fourth-order valence-electron chi connectivity index (χ4n) is 8.65. The van der Waals surface area contributed by atoms with Crippen LogP contribution in [0.2, 0.25) is 0 Å². The average Bonchev–Trinajstić information content (AvgIpc) is 2.75. The fourth-order valence-corrected chi connectivity index (χ4v) is 8.65. The second-order valence-electron chi connectivity index (χ2n) is 12.9. The minimum absolute atomic E-state index is 0.0000746. The summed E-state index contributed by atoms with van der Waals surface area (Å²) in [5, 5.41) is 20.3. The van der Waals surface area contributed by atoms with Gasteiger partial charge in [0, 0.05) is 11.0 Å². The minimum atomic E-state index is -0.655. The maximum absolute atomic E-state index is 12.6. The first-order valence-electron chi connectivity index (χ1n) is 12.6. The summed E-state index contributed by atoms with van der Waals surface area (Å²) in [7, 11) is 0. The molecule has 0 aromatic carbocycles. The Morgan fingerprint density at radius 3 is 2.30 bits per heavy atom. The standard InChI is InChI=1S/C29H38O4/c1-17-18-7-8-21-27(4,19(18)15-20(30)23(17)31)12-14-29(6)22-16-26(3,24(32)33)10-9-25(22,2)11-13-28(21,29)5/h7-8,15,22,31H,9-14,16H2,1-6H3,(H,32,33)/t22-,25-,26-,27+,28-,29-/m1/s1. The molecule has 6 atom stereocenters. The summed E-state index contributed by atoms with van der Waals surface area (Å²) in [6.07, 6.45) is 12.7. The van der Waals surface area contributed by atoms with Gasteiger partial charge in [-0.15, -0.1) is 0 Å². The van der Waals surface area contributed by atoms with E-state index in [0.717, 1.165) is 56.1 Å². The summed E-state index contributed by atoms with van der Waals surface area (Å²) in [5.41, 5.74) is 3.33. The Labute approximate surface area is 197 Å². The molecule has 4 heteroatoms. The number of hydrogen-bond donors (Lipinski definition) is 2. The van der Waals surface area contributed by atoms with Crippen molar-refractivity contribution in [1.82, 2.24) is 0 Å². The van der Waals surface area contributed by atoms with Gasteiger partial charge in [0.25, 0.3) is 0 Å². The first kappa shape index (κ1) is 22.7. The quantitative estimate of drug-likeness (QED) is 0.466. The SMILES string of the molecule is CC1=C(O)C(=O)C=C2C1=CC=C1[C@@]2(C)CC[C@]2(C)[C@@H]3C[C@](C)(C(=O)O)CC[C@]3(C)CC[C@]12C. The van der Waals surface area contributed by atoms with Gasteiger partial charge in [-0.25, -0.2) is 0 Å². The molecule has 178 valence electrons. The van der Waals surface area contributed by atoms with E-state index in [2.05, 4.69) is 39.8 Å². The van der Waals surface area contributed by atoms with E-state index < -0.39 is 11.4 Å². The Bertz CT molecular complexity index is 1100. The molecular formula is C29H38O4. The van der Waals surface area contributed by atoms with Crippen LogP contribution in [0.15, 0.2) is 46.3 Å². The van der Waals surface area contributed by atoms with Crippen LogP contribution in [0, 0.1) is 33.0 Å². The van der Waals surface area contributed by atoms with Crippen molar-refractivity contribution in [3.05, 3.63) is 46.3 Å². The lowest BCUT2D eigenvalue weighted by atomic mass is 9.34. The van der Waals surface area contributed by atoms with Crippen LogP contribution in [0.25, 0.3) is 0 Å². The van der Waals surface area contributed by atoms with Gasteiger partial charge in [0.1, 0.15) is 0 Å². The smallest absolute Gasteiger partial charge is 0.309 e. The molecule has 0 aliphatic heterocycles. The Kier molecular flexibility index (Phi) is 4.48. The van der Waals surface area contributed by atoms with Crippen LogP contribution < -0.4 is 0 Å². The molecule has 0 unspecified atom stereocenters. The highest BCUT2D eigenvalue weighted by Crippen LogP contribution is 2.75. The van der Waals surface area contributed by atoms with Gasteiger partial charge in [-0.3, -0.25) is 9.59 Å². The monoisotopic (exact) mass is 450 g/mol. The van der Waals surface area contributed by atoms with Crippen LogP contribution in [-0.4, -0.2) is 22.0 Å². The number of hydrogen-bond acceptors (Lipinski definition) is 3. The molecule has 0 heterocycles. The van der Waals surface area contributed by atoms with E-state index in [0.29, 0.717) is 11.5 Å². The summed E-state index contributed by atoms with van der Waals surface area (Å²) < 4.78 is 0. The van der Waals surface area contributed by atoms with Crippen LogP contribution >= 0.6 is 0 Å². The van der Waals surface area contributed by atoms with E-state index in [-0.39, 0.29) is 33.2 Å². The maximum Gasteiger partial charge on any atom is 0.309 e. The lowest BCUT2D eigenvalue weighted by Crippen LogP contribution is -2.62. The van der Waals surface area contributed by atoms with Crippen molar-refractivity contribution in [2.45, 2.75) is 86.5 Å². The maximum atomic E-state index is 12.6. The normalized spacial score (nSPS) is 46.8. The molecule has 0 radical (unpaired) electrons. The Morgan fingerprint density at radius 2 is 1.64 bits per heavy atom. The molecule has 0 spiro atoms. The second kappa shape index (κ2) is 6.52. The highest BCUT2D eigenvalue weighted by molar-refractivity contribution is 6.06. The summed E-state index contributed by atoms with van der Waals surface area (Å²) in [5.74, 6) is -0.734. The first-order chi connectivity index (χ1) is 15.2. The van der Waals surface area contributed by atoms with E-state index in [4.69, 9.17) is 0 Å². The van der Waals surface area contributed by atoms with Crippen molar-refractivity contribution in [2.24, 2.45) is 33.0 Å². The molecule has 5 aliphatic carbocycles. The zero-order valence-corrected chi connectivity index (χ0v) is 21.0. The van der Waals surface area contributed by atoms with Gasteiger partial charge in [0.2, 0.25) is 5.78 Å². The Hall–Kier alpha value is -2.10. The van der Waals surface area contributed by atoms with Gasteiger partial charge in [-0.2, -0.15) is 0 Å². The van der Waals surface area contributed by atoms with Crippen molar-refractivity contribution >= 4 is 11.8 Å². The molecule has 33 heavy (non-hydrogen) atoms. The van der Waals surface area contributed by atoms with Crippen LogP contribution in [0.1, 0.15) is 86.5 Å². The first-order valence-corrected chi connectivity index (χ1v) is 12.6. The zero-order valence-electron chi connectivity index (χ0n) is 21.0. The lowest BCUT2D eigenvalue weighted by molar-refractivity contribution is -0.178. The molecule has 0 aromatic rings. The van der Waals surface area contributed by atoms with Gasteiger partial charge in [0.05, 0.1) is 5.41 Å². The zero-order chi connectivity index (χ0) is 24.2. The minimum Gasteiger partial charge on any atom is -0.504 e. The van der Waals surface area contributed by atoms with Gasteiger partial charge in [0.15, 0.2) is 5.76 Å². The van der Waals surface area contributed by atoms with E-state index in [9.17, 15) is 19.8 Å². The molecule has 0 bridgehead atoms. The largest absolute Gasteiger partial charge is 0.504 e. The summed E-state index contributed by atoms with van der Waals surface area (Å²) >= 11 is 0. The number of aliphatic carboxylic acids is 1. The molecular weight excluding hydrogens is 412 g/mol. The molecule has 0 amide bonds. The van der Waals surface area contributed by atoms with E-state index >= 15 is 0 Å². The average molecular weight is 451 g/mol. The number of aliphatic hydroxyl groups is 1. The van der Waals surface area contributed by atoms with Crippen LogP contribution in [0.3, 0.4) is 0 Å². The molecule has 0 aromatic heterocycles. The van der Waals surface area contributed by atoms with Crippen LogP contribution in [-0.2, 0) is 9.59 Å². The van der Waals surface area contributed by atoms with Crippen molar-refractivity contribution in [1.29, 1.82) is 0 Å². The van der Waals surface area contributed by atoms with Crippen molar-refractivity contribution < 1.29 is 19.8 Å². The second-order valence-corrected chi connectivity index (χ2v) is 12.9. The van der Waals surface area contributed by atoms with E-state index in [1.807, 2.05) is 13.8 Å². The highest BCUT2D eigenvalue weighted by Gasteiger charge is 2.67. The van der Waals surface area contributed by atoms with Crippen molar-refractivity contribution in [2.75, 3.05) is 0 Å². The molecule has 4 nitrogen and oxygen atoms in total. The van der Waals surface area contributed by atoms with Crippen LogP contribution in [0.4, 0.5) is 0 Å². The molecule has 2 N–H and O–H groups in total. The van der Waals surface area contributed by atoms with Gasteiger partial charge < -0.3 is 10.2 Å². The molecule has 5 rings (SSSR count). The number of aliphatic hydroxyl groups excluding tert-OH is 1. The number of carbonyl (C=O) groups excluding carboxylic acids is 1. The highest BCUT2D eigenvalue weighted by atomic mass is 16.4. The fraction of sp³-hybridized carbons (Fsp3) is 0.655. The number of allylic oxidation sites excluding steroid dienone is 7. The molecule has 3 fully saturated rings. The lowest BCUT2D eigenvalue weighted by Gasteiger charge is -2.70. The van der Waals surface area contributed by atoms with Gasteiger partial charge >= 0.3 is 5.97 Å². The number of carboxylic acid groups (broad SMARTS) is 1. The van der Waals surface area contributed by atoms with Gasteiger partial charge in [-0.1, -0.05) is 45.4 Å². The number of carbonyl (C=O) groups is 2. The topological polar surface area (TPSA) is 74.6 Å². The van der Waals surface area contributed by atoms with Crippen molar-refractivity contribution in [3.63, 3.8) is 0 Å². The molecule has 5 aliphatic rings. The third-order valence-electron chi connectivity index (χ3n) is 11.4. The Balaban J connectivity index is 1.64. The number of ketones is 1. The third-order valence-corrected chi connectivity index (χ3v) is 11.4. The summed E-state index contributed by atoms with van der Waals surface area (Å²) in [4.78, 5) is 24.8. The Morgan fingerprint density at radius 1 is 0.970 bits per heavy atom. The van der Waals surface area contributed by atoms with Gasteiger partial charge in [-0.05, 0) is 98.2 Å². The summed E-state index contributed by atoms with van der Waals surface area (Å²) in [6, 6.07) is 0. The van der Waals surface area contributed by atoms with E-state index in [1.54, 1.807) is 6.08 Å². The van der Waals surface area contributed by atoms with Crippen molar-refractivity contribution in [3.8, 4) is 0 Å². The van der Waals surface area contributed by atoms with Crippen LogP contribution in [0.5, 0.6) is 0 Å². The van der Waals surface area contributed by atoms with E-state index in [1.165, 1.54) is 5.57 Å². The molecule has 3 saturated carbocycles.